The van der Waals surface area contributed by atoms with Crippen molar-refractivity contribution in [1.29, 1.82) is 0 Å². The molecule has 3 aliphatic rings. The van der Waals surface area contributed by atoms with E-state index in [-0.39, 0.29) is 5.82 Å². The summed E-state index contributed by atoms with van der Waals surface area (Å²) in [7, 11) is 0. The predicted octanol–water partition coefficient (Wildman–Crippen LogP) is 4.47. The second-order valence-corrected chi connectivity index (χ2v) is 10.0. The van der Waals surface area contributed by atoms with E-state index >= 15 is 0 Å². The molecule has 5 atom stereocenters. The molecule has 2 aliphatic heterocycles. The van der Waals surface area contributed by atoms with Crippen molar-refractivity contribution in [1.82, 2.24) is 4.90 Å². The maximum Gasteiger partial charge on any atom is 0.126 e. The third kappa shape index (κ3) is 5.97. The van der Waals surface area contributed by atoms with E-state index in [2.05, 4.69) is 0 Å². The van der Waals surface area contributed by atoms with Crippen molar-refractivity contribution in [2.75, 3.05) is 13.1 Å². The summed E-state index contributed by atoms with van der Waals surface area (Å²) < 4.78 is 39.3. The zero-order chi connectivity index (χ0) is 25.1. The lowest BCUT2D eigenvalue weighted by Gasteiger charge is -2.36. The Hall–Kier alpha value is -2.74. The van der Waals surface area contributed by atoms with Crippen LogP contribution in [0.2, 0.25) is 0 Å². The maximum atomic E-state index is 13.7. The molecule has 5 nitrogen and oxygen atoms in total. The van der Waals surface area contributed by atoms with Gasteiger partial charge in [0.2, 0.25) is 0 Å². The van der Waals surface area contributed by atoms with Crippen LogP contribution in [-0.2, 0) is 17.7 Å². The van der Waals surface area contributed by atoms with Crippen LogP contribution in [0.4, 0.5) is 8.78 Å². The van der Waals surface area contributed by atoms with Crippen molar-refractivity contribution >= 4 is 0 Å². The van der Waals surface area contributed by atoms with E-state index in [1.54, 1.807) is 12.1 Å². The molecular formula is C29H33F2NO4. The molecule has 1 aliphatic carbocycles. The highest BCUT2D eigenvalue weighted by molar-refractivity contribution is 5.36. The molecule has 0 amide bonds. The fourth-order valence-electron chi connectivity index (χ4n) is 5.33. The van der Waals surface area contributed by atoms with Gasteiger partial charge in [-0.15, -0.1) is 0 Å². The van der Waals surface area contributed by atoms with Crippen molar-refractivity contribution in [3.8, 4) is 5.75 Å². The minimum Gasteiger partial charge on any atom is -0.488 e. The number of hydrogen-bond donors (Lipinski definition) is 2. The Labute approximate surface area is 210 Å². The highest BCUT2D eigenvalue weighted by atomic mass is 19.1. The second-order valence-electron chi connectivity index (χ2n) is 10.0. The standard InChI is InChI=1S/C29H33F2NO4/c30-22-8-12-26-20(14-22)6-10-28(35-26)24(33)17-32(16-19-4-2-1-3-5-19)18-25(34)29-11-7-21-15-23(31)9-13-27(21)36-29/h1-5,8-9,12-14,23-25,28-29,33-34H,6-7,10-11,15-18H2. The first kappa shape index (κ1) is 24.9. The zero-order valence-electron chi connectivity index (χ0n) is 20.2. The van der Waals surface area contributed by atoms with Crippen LogP contribution in [0.15, 0.2) is 72.0 Å². The number of benzene rings is 2. The van der Waals surface area contributed by atoms with Crippen molar-refractivity contribution in [3.63, 3.8) is 0 Å². The van der Waals surface area contributed by atoms with Crippen LogP contribution >= 0.6 is 0 Å². The minimum absolute atomic E-state index is 0.291. The van der Waals surface area contributed by atoms with Crippen molar-refractivity contribution in [2.24, 2.45) is 0 Å². The molecule has 2 aromatic rings. The van der Waals surface area contributed by atoms with E-state index in [1.165, 1.54) is 18.2 Å². The smallest absolute Gasteiger partial charge is 0.126 e. The molecule has 192 valence electrons. The first-order chi connectivity index (χ1) is 17.4. The molecule has 36 heavy (non-hydrogen) atoms. The molecule has 0 saturated carbocycles. The Balaban J connectivity index is 1.24. The van der Waals surface area contributed by atoms with Crippen LogP contribution in [0, 0.1) is 5.82 Å². The summed E-state index contributed by atoms with van der Waals surface area (Å²) in [6.07, 6.45) is 2.75. The molecule has 2 aromatic carbocycles. The van der Waals surface area contributed by atoms with E-state index in [1.807, 2.05) is 35.2 Å². The van der Waals surface area contributed by atoms with Crippen molar-refractivity contribution in [3.05, 3.63) is 89.0 Å². The summed E-state index contributed by atoms with van der Waals surface area (Å²) in [4.78, 5) is 2.02. The molecule has 2 heterocycles. The van der Waals surface area contributed by atoms with Gasteiger partial charge >= 0.3 is 0 Å². The molecule has 0 aromatic heterocycles. The summed E-state index contributed by atoms with van der Waals surface area (Å²) >= 11 is 0. The number of aliphatic hydroxyl groups is 2. The van der Waals surface area contributed by atoms with Crippen molar-refractivity contribution in [2.45, 2.75) is 69.2 Å². The molecule has 0 spiro atoms. The maximum absolute atomic E-state index is 13.7. The number of aryl methyl sites for hydroxylation is 1. The molecule has 0 radical (unpaired) electrons. The lowest BCUT2D eigenvalue weighted by Crippen LogP contribution is -2.47. The van der Waals surface area contributed by atoms with Crippen LogP contribution < -0.4 is 4.74 Å². The van der Waals surface area contributed by atoms with Crippen LogP contribution in [0.5, 0.6) is 5.75 Å². The highest BCUT2D eigenvalue weighted by Gasteiger charge is 2.33. The van der Waals surface area contributed by atoms with Gasteiger partial charge in [0.25, 0.3) is 0 Å². The molecule has 0 saturated heterocycles. The van der Waals surface area contributed by atoms with Gasteiger partial charge in [-0.2, -0.15) is 0 Å². The van der Waals surface area contributed by atoms with Crippen LogP contribution in [0.3, 0.4) is 0 Å². The zero-order valence-corrected chi connectivity index (χ0v) is 20.2. The quantitative estimate of drug-likeness (QED) is 0.564. The van der Waals surface area contributed by atoms with Gasteiger partial charge in [0.05, 0.1) is 0 Å². The van der Waals surface area contributed by atoms with Gasteiger partial charge in [-0.25, -0.2) is 8.78 Å². The van der Waals surface area contributed by atoms with E-state index in [4.69, 9.17) is 9.47 Å². The topological polar surface area (TPSA) is 62.2 Å². The fourth-order valence-corrected chi connectivity index (χ4v) is 5.33. The van der Waals surface area contributed by atoms with Crippen LogP contribution in [-0.4, -0.2) is 58.8 Å². The summed E-state index contributed by atoms with van der Waals surface area (Å²) in [6.45, 7) is 1.16. The van der Waals surface area contributed by atoms with Gasteiger partial charge in [0.15, 0.2) is 0 Å². The van der Waals surface area contributed by atoms with Gasteiger partial charge in [-0.05, 0) is 72.7 Å². The van der Waals surface area contributed by atoms with Gasteiger partial charge in [-0.3, -0.25) is 4.90 Å². The predicted molar refractivity (Wildman–Crippen MR) is 133 cm³/mol. The first-order valence-corrected chi connectivity index (χ1v) is 12.7. The number of halogens is 2. The number of allylic oxidation sites excluding steroid dienone is 3. The Bertz CT molecular complexity index is 1110. The van der Waals surface area contributed by atoms with Crippen LogP contribution in [0.25, 0.3) is 0 Å². The summed E-state index contributed by atoms with van der Waals surface area (Å²) in [5, 5.41) is 22.2. The Morgan fingerprint density at radius 3 is 2.44 bits per heavy atom. The Morgan fingerprint density at radius 2 is 1.67 bits per heavy atom. The van der Waals surface area contributed by atoms with E-state index < -0.39 is 30.6 Å². The monoisotopic (exact) mass is 497 g/mol. The molecule has 5 rings (SSSR count). The normalized spacial score (nSPS) is 25.0. The molecule has 7 heteroatoms. The second kappa shape index (κ2) is 11.1. The third-order valence-electron chi connectivity index (χ3n) is 7.25. The fraction of sp³-hybridized carbons (Fsp3) is 0.448. The number of ether oxygens (including phenoxy) is 2. The number of aliphatic hydroxyl groups excluding tert-OH is 2. The average Bonchev–Trinajstić information content (AvgIpc) is 2.88. The lowest BCUT2D eigenvalue weighted by atomic mass is 9.92. The molecule has 2 N–H and O–H groups in total. The highest BCUT2D eigenvalue weighted by Crippen LogP contribution is 2.33. The number of rotatable bonds is 8. The third-order valence-corrected chi connectivity index (χ3v) is 7.25. The van der Waals surface area contributed by atoms with E-state index in [0.29, 0.717) is 63.2 Å². The van der Waals surface area contributed by atoms with Gasteiger partial charge < -0.3 is 19.7 Å². The van der Waals surface area contributed by atoms with Crippen molar-refractivity contribution < 1.29 is 28.5 Å². The number of alkyl halides is 1. The van der Waals surface area contributed by atoms with Gasteiger partial charge in [0, 0.05) is 26.1 Å². The minimum atomic E-state index is -0.968. The van der Waals surface area contributed by atoms with Crippen LogP contribution in [0.1, 0.15) is 36.8 Å². The van der Waals surface area contributed by atoms with E-state index in [0.717, 1.165) is 16.7 Å². The first-order valence-electron chi connectivity index (χ1n) is 12.7. The molecule has 0 bridgehead atoms. The number of hydrogen-bond acceptors (Lipinski definition) is 5. The summed E-state index contributed by atoms with van der Waals surface area (Å²) in [5.41, 5.74) is 2.86. The average molecular weight is 498 g/mol. The lowest BCUT2D eigenvalue weighted by molar-refractivity contribution is -0.0466. The van der Waals surface area contributed by atoms with E-state index in [9.17, 15) is 19.0 Å². The number of fused-ring (bicyclic) bond motifs is 1. The SMILES string of the molecule is OC(CN(Cc1ccccc1)CC(O)C1CCc2cc(F)ccc2O1)C1CCC2=C(C=CC(F)C2)O1. The summed E-state index contributed by atoms with van der Waals surface area (Å²) in [5.74, 6) is 0.997. The number of nitrogens with zero attached hydrogens (tertiary/aromatic N) is 1. The Morgan fingerprint density at radius 1 is 0.944 bits per heavy atom. The Kier molecular flexibility index (Phi) is 7.70. The van der Waals surface area contributed by atoms with Gasteiger partial charge in [0.1, 0.15) is 47.9 Å². The molecule has 5 unspecified atom stereocenters. The molecule has 0 fully saturated rings. The summed E-state index contributed by atoms with van der Waals surface area (Å²) in [6, 6.07) is 14.4. The van der Waals surface area contributed by atoms with Gasteiger partial charge in [-0.1, -0.05) is 30.3 Å². The largest absolute Gasteiger partial charge is 0.488 e. The molecular weight excluding hydrogens is 464 g/mol.